The van der Waals surface area contributed by atoms with Crippen LogP contribution < -0.4 is 26.6 Å². The van der Waals surface area contributed by atoms with Gasteiger partial charge in [0.05, 0.1) is 0 Å². The smallest absolute Gasteiger partial charge is 0.303 e. The van der Waals surface area contributed by atoms with Gasteiger partial charge in [-0.05, 0) is 64.8 Å². The Bertz CT molecular complexity index is 2230. The average Bonchev–Trinajstić information content (AvgIpc) is 3.26. The van der Waals surface area contributed by atoms with Gasteiger partial charge in [0.25, 0.3) is 5.91 Å². The normalized spacial score (nSPS) is 18.6. The summed E-state index contributed by atoms with van der Waals surface area (Å²) in [4.78, 5) is 81.5. The van der Waals surface area contributed by atoms with Crippen molar-refractivity contribution in [2.75, 3.05) is 6.54 Å². The number of carbonyl (C=O) groups is 6. The molecule has 2 bridgehead atoms. The lowest BCUT2D eigenvalue weighted by Gasteiger charge is -2.27. The molecule has 5 aromatic carbocycles. The molecule has 308 valence electrons. The molecule has 5 aromatic rings. The van der Waals surface area contributed by atoms with E-state index in [0.717, 1.165) is 27.8 Å². The van der Waals surface area contributed by atoms with Gasteiger partial charge in [0, 0.05) is 37.8 Å². The van der Waals surface area contributed by atoms with E-state index in [4.69, 9.17) is 5.11 Å². The monoisotopic (exact) mass is 807 g/mol. The van der Waals surface area contributed by atoms with E-state index in [1.54, 1.807) is 24.3 Å². The first kappa shape index (κ1) is 42.5. The molecule has 2 aliphatic rings. The number of fused-ring (bicyclic) bond motifs is 14. The number of carbonyl (C=O) groups excluding carboxylic acids is 5. The third-order valence-electron chi connectivity index (χ3n) is 10.4. The van der Waals surface area contributed by atoms with Crippen molar-refractivity contribution in [2.24, 2.45) is 0 Å². The van der Waals surface area contributed by atoms with Gasteiger partial charge in [-0.25, -0.2) is 0 Å². The number of aliphatic carboxylic acids is 1. The molecule has 12 heteroatoms. The molecule has 2 aliphatic heterocycles. The maximum atomic E-state index is 14.5. The van der Waals surface area contributed by atoms with Crippen molar-refractivity contribution in [1.29, 1.82) is 0 Å². The molecule has 0 saturated carbocycles. The fourth-order valence-corrected chi connectivity index (χ4v) is 7.06. The van der Waals surface area contributed by atoms with E-state index in [1.807, 2.05) is 115 Å². The Balaban J connectivity index is 1.35. The van der Waals surface area contributed by atoms with Crippen LogP contribution in [0, 0.1) is 0 Å². The molecule has 4 atom stereocenters. The molecule has 60 heavy (non-hydrogen) atoms. The molecule has 7 rings (SSSR count). The van der Waals surface area contributed by atoms with Crippen LogP contribution in [0.25, 0.3) is 11.1 Å². The van der Waals surface area contributed by atoms with Crippen molar-refractivity contribution in [3.8, 4) is 11.1 Å². The highest BCUT2D eigenvalue weighted by Gasteiger charge is 2.32. The first-order valence-corrected chi connectivity index (χ1v) is 20.1. The lowest BCUT2D eigenvalue weighted by Crippen LogP contribution is -2.59. The van der Waals surface area contributed by atoms with Crippen LogP contribution in [-0.4, -0.2) is 71.3 Å². The average molecular weight is 808 g/mol. The minimum atomic E-state index is -1.18. The Hall–Kier alpha value is -7.08. The number of amides is 5. The molecule has 0 aromatic heterocycles. The van der Waals surface area contributed by atoms with Crippen molar-refractivity contribution < 1.29 is 33.9 Å². The van der Waals surface area contributed by atoms with Gasteiger partial charge in [-0.3, -0.25) is 28.8 Å². The number of carboxylic acids is 1. The minimum Gasteiger partial charge on any atom is -0.481 e. The van der Waals surface area contributed by atoms with Gasteiger partial charge in [-0.15, -0.1) is 0 Å². The first-order valence-electron chi connectivity index (χ1n) is 20.1. The predicted octanol–water partition coefficient (Wildman–Crippen LogP) is 4.56. The zero-order valence-electron chi connectivity index (χ0n) is 33.1. The molecule has 0 fully saturated rings. The van der Waals surface area contributed by atoms with E-state index in [0.29, 0.717) is 12.0 Å². The summed E-state index contributed by atoms with van der Waals surface area (Å²) in [5, 5.41) is 23.3. The van der Waals surface area contributed by atoms with Crippen LogP contribution in [-0.2, 0) is 49.7 Å². The van der Waals surface area contributed by atoms with E-state index >= 15 is 0 Å². The zero-order valence-corrected chi connectivity index (χ0v) is 33.1. The Morgan fingerprint density at radius 3 is 1.65 bits per heavy atom. The second kappa shape index (κ2) is 21.1. The zero-order chi connectivity index (χ0) is 42.3. The van der Waals surface area contributed by atoms with Crippen LogP contribution in [0.4, 0.5) is 0 Å². The molecule has 0 radical (unpaired) electrons. The Labute approximate surface area is 349 Å². The molecule has 0 saturated heterocycles. The summed E-state index contributed by atoms with van der Waals surface area (Å²) in [5.74, 6) is -3.86. The lowest BCUT2D eigenvalue weighted by atomic mass is 9.98. The van der Waals surface area contributed by atoms with Crippen molar-refractivity contribution in [2.45, 2.75) is 69.1 Å². The standard InChI is InChI=1S/C48H49N5O7/c54-43(55)17-10-28-49-45(57)40-30-35-20-25-38(26-21-35)44(56)50-39(27-22-32-11-4-1-5-12-32)46(58)52-42(31-34-18-23-37(24-19-34)36-15-8-3-9-16-36)48(60)53-41(47(59)51-40)29-33-13-6-2-7-14-33/h1-9,11-16,18-21,23-26,39-42H,10,17,22,27-31H2,(H,49,57)(H,50,56)(H,51,59)(H,52,58)(H,53,60)(H,54,55)/t39-,40+,41-,42+/m1/s1. The lowest BCUT2D eigenvalue weighted by molar-refractivity contribution is -0.137. The van der Waals surface area contributed by atoms with Crippen LogP contribution >= 0.6 is 0 Å². The molecule has 6 N–H and O–H groups in total. The summed E-state index contributed by atoms with van der Waals surface area (Å²) in [6.07, 6.45) is 0.917. The summed E-state index contributed by atoms with van der Waals surface area (Å²) in [6.45, 7) is 0.0694. The molecular weight excluding hydrogens is 759 g/mol. The third-order valence-corrected chi connectivity index (χ3v) is 10.4. The van der Waals surface area contributed by atoms with Gasteiger partial charge in [0.2, 0.25) is 23.6 Å². The summed E-state index contributed by atoms with van der Waals surface area (Å²) in [5.41, 5.74) is 5.35. The van der Waals surface area contributed by atoms with Crippen molar-refractivity contribution >= 4 is 35.5 Å². The molecule has 0 aliphatic carbocycles. The highest BCUT2D eigenvalue weighted by Crippen LogP contribution is 2.20. The molecule has 0 spiro atoms. The highest BCUT2D eigenvalue weighted by molar-refractivity contribution is 5.99. The van der Waals surface area contributed by atoms with Gasteiger partial charge < -0.3 is 31.7 Å². The minimum absolute atomic E-state index is 0.0335. The fraction of sp³-hybridized carbons (Fsp3) is 0.250. The number of aryl methyl sites for hydroxylation is 1. The van der Waals surface area contributed by atoms with Crippen LogP contribution in [0.2, 0.25) is 0 Å². The highest BCUT2D eigenvalue weighted by atomic mass is 16.4. The van der Waals surface area contributed by atoms with Gasteiger partial charge >= 0.3 is 5.97 Å². The van der Waals surface area contributed by atoms with Gasteiger partial charge in [0.15, 0.2) is 0 Å². The summed E-state index contributed by atoms with van der Waals surface area (Å²) >= 11 is 0. The predicted molar refractivity (Wildman–Crippen MR) is 228 cm³/mol. The van der Waals surface area contributed by atoms with E-state index in [9.17, 15) is 28.8 Å². The SMILES string of the molecule is O=C(O)CCCNC(=O)[C@@H]1Cc2ccc(cc2)C(=O)N[C@H](CCc2ccccc2)C(=O)N[C@@H](Cc2ccc(-c3ccccc3)cc2)C(=O)N[C@H](Cc2ccccc2)C(=O)N1. The first-order chi connectivity index (χ1) is 29.1. The fourth-order valence-electron chi connectivity index (χ4n) is 7.06. The van der Waals surface area contributed by atoms with Gasteiger partial charge in [-0.2, -0.15) is 0 Å². The number of hydrogen-bond acceptors (Lipinski definition) is 6. The van der Waals surface area contributed by atoms with Gasteiger partial charge in [-0.1, -0.05) is 127 Å². The Kier molecular flexibility index (Phi) is 14.9. The van der Waals surface area contributed by atoms with Crippen molar-refractivity contribution in [3.63, 3.8) is 0 Å². The molecular formula is C48H49N5O7. The summed E-state index contributed by atoms with van der Waals surface area (Å²) < 4.78 is 0. The van der Waals surface area contributed by atoms with Crippen molar-refractivity contribution in [1.82, 2.24) is 26.6 Å². The maximum absolute atomic E-state index is 14.5. The number of carboxylic acid groups (broad SMARTS) is 1. The largest absolute Gasteiger partial charge is 0.481 e. The topological polar surface area (TPSA) is 183 Å². The molecule has 2 heterocycles. The van der Waals surface area contributed by atoms with Gasteiger partial charge in [0.1, 0.15) is 24.2 Å². The number of nitrogens with one attached hydrogen (secondary N) is 5. The Morgan fingerprint density at radius 2 is 1.05 bits per heavy atom. The quantitative estimate of drug-likeness (QED) is 0.0745. The van der Waals surface area contributed by atoms with Crippen LogP contribution in [0.5, 0.6) is 0 Å². The number of benzene rings is 5. The molecule has 12 nitrogen and oxygen atoms in total. The van der Waals surface area contributed by atoms with E-state index in [-0.39, 0.29) is 50.6 Å². The summed E-state index contributed by atoms with van der Waals surface area (Å²) in [7, 11) is 0. The van der Waals surface area contributed by atoms with Crippen molar-refractivity contribution in [3.05, 3.63) is 167 Å². The van der Waals surface area contributed by atoms with E-state index in [1.165, 1.54) is 0 Å². The van der Waals surface area contributed by atoms with Crippen LogP contribution in [0.1, 0.15) is 51.9 Å². The van der Waals surface area contributed by atoms with Crippen LogP contribution in [0.3, 0.4) is 0 Å². The van der Waals surface area contributed by atoms with Crippen LogP contribution in [0.15, 0.2) is 140 Å². The Morgan fingerprint density at radius 1 is 0.550 bits per heavy atom. The number of hydrogen-bond donors (Lipinski definition) is 6. The molecule has 0 unspecified atom stereocenters. The summed E-state index contributed by atoms with van der Waals surface area (Å²) in [6, 6.07) is 38.2. The number of rotatable bonds is 13. The van der Waals surface area contributed by atoms with E-state index < -0.39 is 59.7 Å². The second-order valence-corrected chi connectivity index (χ2v) is 14.9. The maximum Gasteiger partial charge on any atom is 0.303 e. The third kappa shape index (κ3) is 12.5. The second-order valence-electron chi connectivity index (χ2n) is 14.9. The molecule has 5 amide bonds. The van der Waals surface area contributed by atoms with E-state index in [2.05, 4.69) is 26.6 Å².